The summed E-state index contributed by atoms with van der Waals surface area (Å²) in [5.41, 5.74) is 8.02. The number of ether oxygens (including phenoxy) is 1. The Morgan fingerprint density at radius 1 is 1.05 bits per heavy atom. The summed E-state index contributed by atoms with van der Waals surface area (Å²) in [6, 6.07) is 15.9. The molecule has 0 aliphatic carbocycles. The van der Waals surface area contributed by atoms with E-state index in [0.717, 1.165) is 25.1 Å². The lowest BCUT2D eigenvalue weighted by atomic mass is 10.1. The molecule has 0 radical (unpaired) electrons. The van der Waals surface area contributed by atoms with Gasteiger partial charge < -0.3 is 15.6 Å². The van der Waals surface area contributed by atoms with Crippen LogP contribution in [0.1, 0.15) is 11.1 Å². The van der Waals surface area contributed by atoms with Crippen LogP contribution in [0, 0.1) is 0 Å². The van der Waals surface area contributed by atoms with Gasteiger partial charge in [0.15, 0.2) is 11.5 Å². The molecule has 22 heavy (non-hydrogen) atoms. The summed E-state index contributed by atoms with van der Waals surface area (Å²) in [5, 5.41) is 9.87. The Labute approximate surface area is 132 Å². The van der Waals surface area contributed by atoms with E-state index in [0.29, 0.717) is 18.8 Å². The summed E-state index contributed by atoms with van der Waals surface area (Å²) in [6.07, 6.45) is 0.974. The molecular weight excluding hydrogens is 276 g/mol. The highest BCUT2D eigenvalue weighted by atomic mass is 16.5. The molecule has 2 aromatic carbocycles. The van der Waals surface area contributed by atoms with Crippen LogP contribution in [0.4, 0.5) is 0 Å². The molecule has 118 valence electrons. The fraction of sp³-hybridized carbons (Fsp3) is 0.333. The number of phenols is 1. The van der Waals surface area contributed by atoms with Crippen LogP contribution < -0.4 is 10.5 Å². The molecule has 2 rings (SSSR count). The Morgan fingerprint density at radius 3 is 2.50 bits per heavy atom. The monoisotopic (exact) mass is 300 g/mol. The molecule has 4 heteroatoms. The second-order valence-corrected chi connectivity index (χ2v) is 5.27. The third-order valence-corrected chi connectivity index (χ3v) is 3.68. The van der Waals surface area contributed by atoms with Crippen molar-refractivity contribution in [2.75, 3.05) is 26.7 Å². The van der Waals surface area contributed by atoms with E-state index < -0.39 is 0 Å². The first-order chi connectivity index (χ1) is 10.7. The molecule has 2 aromatic rings. The molecule has 0 spiro atoms. The molecular formula is C18H24N2O2. The molecule has 3 N–H and O–H groups in total. The van der Waals surface area contributed by atoms with Crippen molar-refractivity contribution in [3.05, 3.63) is 59.7 Å². The van der Waals surface area contributed by atoms with Gasteiger partial charge in [-0.15, -0.1) is 0 Å². The van der Waals surface area contributed by atoms with E-state index in [1.165, 1.54) is 5.56 Å². The zero-order valence-electron chi connectivity index (χ0n) is 13.0. The molecule has 0 aliphatic rings. The summed E-state index contributed by atoms with van der Waals surface area (Å²) in [6.45, 7) is 3.04. The summed E-state index contributed by atoms with van der Waals surface area (Å²) in [7, 11) is 1.58. The quantitative estimate of drug-likeness (QED) is 0.786. The van der Waals surface area contributed by atoms with Crippen LogP contribution in [0.15, 0.2) is 48.5 Å². The lowest BCUT2D eigenvalue weighted by Gasteiger charge is -2.23. The first-order valence-corrected chi connectivity index (χ1v) is 7.55. The van der Waals surface area contributed by atoms with Crippen molar-refractivity contribution >= 4 is 0 Å². The van der Waals surface area contributed by atoms with Gasteiger partial charge in [-0.25, -0.2) is 0 Å². The summed E-state index contributed by atoms with van der Waals surface area (Å²) in [5.74, 6) is 0.722. The number of phenolic OH excluding ortho intramolecular Hbond substituents is 1. The van der Waals surface area contributed by atoms with Crippen LogP contribution >= 0.6 is 0 Å². The van der Waals surface area contributed by atoms with E-state index in [4.69, 9.17) is 10.5 Å². The molecule has 0 saturated heterocycles. The zero-order valence-corrected chi connectivity index (χ0v) is 13.0. The number of hydrogen-bond acceptors (Lipinski definition) is 4. The Hall–Kier alpha value is -2.04. The number of nitrogens with two attached hydrogens (primary N) is 1. The maximum absolute atomic E-state index is 9.87. The molecule has 0 unspecified atom stereocenters. The maximum atomic E-state index is 9.87. The van der Waals surface area contributed by atoms with Crippen molar-refractivity contribution in [2.24, 2.45) is 5.73 Å². The predicted octanol–water partition coefficient (Wildman–Crippen LogP) is 2.40. The fourth-order valence-corrected chi connectivity index (χ4v) is 2.56. The highest BCUT2D eigenvalue weighted by Gasteiger charge is 2.12. The smallest absolute Gasteiger partial charge is 0.164 e. The Morgan fingerprint density at radius 2 is 1.82 bits per heavy atom. The van der Waals surface area contributed by atoms with Crippen LogP contribution in [0.3, 0.4) is 0 Å². The number of rotatable bonds is 8. The van der Waals surface area contributed by atoms with E-state index in [1.807, 2.05) is 18.2 Å². The van der Waals surface area contributed by atoms with E-state index in [1.54, 1.807) is 13.2 Å². The fourth-order valence-electron chi connectivity index (χ4n) is 2.56. The van der Waals surface area contributed by atoms with Crippen molar-refractivity contribution < 1.29 is 9.84 Å². The van der Waals surface area contributed by atoms with E-state index in [-0.39, 0.29) is 5.75 Å². The van der Waals surface area contributed by atoms with E-state index in [9.17, 15) is 5.11 Å². The third kappa shape index (κ3) is 4.48. The zero-order chi connectivity index (χ0) is 15.8. The summed E-state index contributed by atoms with van der Waals surface area (Å²) in [4.78, 5) is 2.28. The van der Waals surface area contributed by atoms with Crippen LogP contribution in [0.25, 0.3) is 0 Å². The molecule has 4 nitrogen and oxygen atoms in total. The lowest BCUT2D eigenvalue weighted by Crippen LogP contribution is -2.31. The number of benzene rings is 2. The summed E-state index contributed by atoms with van der Waals surface area (Å²) >= 11 is 0. The van der Waals surface area contributed by atoms with Gasteiger partial charge in [0.05, 0.1) is 7.11 Å². The van der Waals surface area contributed by atoms with Crippen molar-refractivity contribution in [3.8, 4) is 11.5 Å². The van der Waals surface area contributed by atoms with Crippen molar-refractivity contribution in [1.29, 1.82) is 0 Å². The minimum Gasteiger partial charge on any atom is -0.504 e. The van der Waals surface area contributed by atoms with Crippen LogP contribution in [0.2, 0.25) is 0 Å². The van der Waals surface area contributed by atoms with Gasteiger partial charge in [0.1, 0.15) is 0 Å². The average Bonchev–Trinajstić information content (AvgIpc) is 2.54. The SMILES string of the molecule is COc1c(O)cccc1CN(CCN)CCc1ccccc1. The van der Waals surface area contributed by atoms with Gasteiger partial charge in [-0.2, -0.15) is 0 Å². The van der Waals surface area contributed by atoms with E-state index in [2.05, 4.69) is 29.2 Å². The number of hydrogen-bond donors (Lipinski definition) is 2. The second-order valence-electron chi connectivity index (χ2n) is 5.27. The molecule has 0 saturated carbocycles. The number of methoxy groups -OCH3 is 1. The summed E-state index contributed by atoms with van der Waals surface area (Å²) < 4.78 is 5.31. The number of para-hydroxylation sites is 1. The van der Waals surface area contributed by atoms with Gasteiger partial charge in [0, 0.05) is 31.7 Å². The molecule has 0 atom stereocenters. The average molecular weight is 300 g/mol. The highest BCUT2D eigenvalue weighted by molar-refractivity contribution is 5.45. The van der Waals surface area contributed by atoms with Crippen molar-refractivity contribution in [2.45, 2.75) is 13.0 Å². The van der Waals surface area contributed by atoms with Gasteiger partial charge in [-0.3, -0.25) is 4.90 Å². The number of nitrogens with zero attached hydrogens (tertiary/aromatic N) is 1. The Kier molecular flexibility index (Phi) is 6.25. The van der Waals surface area contributed by atoms with Crippen LogP contribution in [-0.2, 0) is 13.0 Å². The maximum Gasteiger partial charge on any atom is 0.164 e. The molecule has 0 aliphatic heterocycles. The minimum absolute atomic E-state index is 0.177. The first-order valence-electron chi connectivity index (χ1n) is 7.55. The van der Waals surface area contributed by atoms with Gasteiger partial charge >= 0.3 is 0 Å². The normalized spacial score (nSPS) is 10.9. The first kappa shape index (κ1) is 16.3. The van der Waals surface area contributed by atoms with E-state index >= 15 is 0 Å². The minimum atomic E-state index is 0.177. The molecule has 0 amide bonds. The van der Waals surface area contributed by atoms with Gasteiger partial charge in [-0.1, -0.05) is 42.5 Å². The van der Waals surface area contributed by atoms with Crippen molar-refractivity contribution in [3.63, 3.8) is 0 Å². The van der Waals surface area contributed by atoms with Crippen LogP contribution in [0.5, 0.6) is 11.5 Å². The van der Waals surface area contributed by atoms with Gasteiger partial charge in [0.2, 0.25) is 0 Å². The Bertz CT molecular complexity index is 573. The van der Waals surface area contributed by atoms with Gasteiger partial charge in [0.25, 0.3) is 0 Å². The highest BCUT2D eigenvalue weighted by Crippen LogP contribution is 2.30. The van der Waals surface area contributed by atoms with Crippen LogP contribution in [-0.4, -0.2) is 36.8 Å². The molecule has 0 heterocycles. The molecule has 0 fully saturated rings. The second kappa shape index (κ2) is 8.41. The van der Waals surface area contributed by atoms with Gasteiger partial charge in [-0.05, 0) is 18.1 Å². The topological polar surface area (TPSA) is 58.7 Å². The lowest BCUT2D eigenvalue weighted by molar-refractivity contribution is 0.269. The molecule has 0 aromatic heterocycles. The largest absolute Gasteiger partial charge is 0.504 e. The number of aromatic hydroxyl groups is 1. The van der Waals surface area contributed by atoms with Crippen molar-refractivity contribution in [1.82, 2.24) is 4.90 Å². The standard InChI is InChI=1S/C18H24N2O2/c1-22-18-16(8-5-9-17(18)21)14-20(13-11-19)12-10-15-6-3-2-4-7-15/h2-9,21H,10-14,19H2,1H3. The molecule has 0 bridgehead atoms. The Balaban J connectivity index is 2.04. The predicted molar refractivity (Wildman–Crippen MR) is 89.1 cm³/mol. The third-order valence-electron chi connectivity index (χ3n) is 3.68.